The van der Waals surface area contributed by atoms with Crippen LogP contribution in [0.1, 0.15) is 56.2 Å². The highest BCUT2D eigenvalue weighted by atomic mass is 35.5. The van der Waals surface area contributed by atoms with Crippen molar-refractivity contribution < 1.29 is 28.7 Å². The number of likely N-dealkylation sites (tertiary alicyclic amines) is 1. The van der Waals surface area contributed by atoms with Crippen molar-refractivity contribution in [3.05, 3.63) is 81.4 Å². The normalized spacial score (nSPS) is 19.6. The van der Waals surface area contributed by atoms with E-state index in [2.05, 4.69) is 15.6 Å². The standard InChI is InChI=1S/C33H35ClN6O6S/c1-45-26-9-7-21-16-27(26)46-23-17-25(40(19-23)32(43)24-20-39-18-22(34)8-10-29(39)37-24)31(42)36-11-2-3-13-38(14-5-12-35-30(21)41)33(44)28-6-4-15-47-28/h4,6-10,15-16,18,20,23,25H,2-3,5,11-14,17,19H2,1H3,(H,35,41)(H,36,42)/t23-,25-/m0/s1. The monoisotopic (exact) mass is 678 g/mol. The van der Waals surface area contributed by atoms with E-state index in [4.69, 9.17) is 21.1 Å². The number of benzene rings is 1. The lowest BCUT2D eigenvalue weighted by Gasteiger charge is -2.24. The Morgan fingerprint density at radius 1 is 1.02 bits per heavy atom. The predicted molar refractivity (Wildman–Crippen MR) is 176 cm³/mol. The summed E-state index contributed by atoms with van der Waals surface area (Å²) >= 11 is 7.52. The SMILES string of the molecule is COc1ccc2cc1O[C@H]1C[C@@H](C(=O)NCCCCN(C(=O)c3cccs3)CCCNC2=O)N(C(=O)c2cn3cc(Cl)ccc3n2)C1. The molecule has 0 saturated carbocycles. The maximum atomic E-state index is 13.8. The minimum Gasteiger partial charge on any atom is -0.493 e. The van der Waals surface area contributed by atoms with Gasteiger partial charge in [0.25, 0.3) is 17.7 Å². The average molecular weight is 679 g/mol. The molecule has 6 rings (SSSR count). The second-order valence-corrected chi connectivity index (χ2v) is 12.8. The molecular formula is C33H35ClN6O6S. The number of carbonyl (C=O) groups excluding carboxylic acids is 4. The predicted octanol–water partition coefficient (Wildman–Crippen LogP) is 3.89. The number of methoxy groups -OCH3 is 1. The molecule has 0 spiro atoms. The lowest BCUT2D eigenvalue weighted by atomic mass is 10.1. The Bertz CT molecular complexity index is 1780. The van der Waals surface area contributed by atoms with Gasteiger partial charge in [0.2, 0.25) is 5.91 Å². The van der Waals surface area contributed by atoms with Crippen LogP contribution in [0.15, 0.2) is 60.2 Å². The molecule has 5 heterocycles. The van der Waals surface area contributed by atoms with Crippen molar-refractivity contribution in [2.45, 2.75) is 37.8 Å². The van der Waals surface area contributed by atoms with Crippen molar-refractivity contribution in [1.82, 2.24) is 29.8 Å². The van der Waals surface area contributed by atoms with E-state index in [-0.39, 0.29) is 36.4 Å². The minimum atomic E-state index is -0.822. The molecule has 4 amide bonds. The summed E-state index contributed by atoms with van der Waals surface area (Å²) in [6.07, 6.45) is 4.78. The van der Waals surface area contributed by atoms with E-state index in [1.807, 2.05) is 11.4 Å². The molecule has 12 nitrogen and oxygen atoms in total. The first-order chi connectivity index (χ1) is 22.8. The Morgan fingerprint density at radius 3 is 2.66 bits per heavy atom. The zero-order chi connectivity index (χ0) is 32.9. The van der Waals surface area contributed by atoms with Gasteiger partial charge in [-0.15, -0.1) is 11.3 Å². The van der Waals surface area contributed by atoms with Crippen LogP contribution >= 0.6 is 22.9 Å². The number of rotatable bonds is 3. The molecule has 14 heteroatoms. The molecule has 2 atom stereocenters. The van der Waals surface area contributed by atoms with Crippen LogP contribution < -0.4 is 20.1 Å². The summed E-state index contributed by atoms with van der Waals surface area (Å²) in [7, 11) is 1.50. The van der Waals surface area contributed by atoms with Gasteiger partial charge >= 0.3 is 0 Å². The number of thiophene rings is 1. The summed E-state index contributed by atoms with van der Waals surface area (Å²) in [6, 6.07) is 11.1. The van der Waals surface area contributed by atoms with Crippen LogP contribution in [0.3, 0.4) is 0 Å². The second kappa shape index (κ2) is 14.4. The summed E-state index contributed by atoms with van der Waals surface area (Å²) in [6.45, 7) is 1.84. The fourth-order valence-electron chi connectivity index (χ4n) is 5.86. The third-order valence-corrected chi connectivity index (χ3v) is 9.32. The van der Waals surface area contributed by atoms with E-state index in [0.717, 1.165) is 0 Å². The average Bonchev–Trinajstić information content (AvgIpc) is 3.84. The largest absolute Gasteiger partial charge is 0.493 e. The Kier molecular flexibility index (Phi) is 9.92. The van der Waals surface area contributed by atoms with Gasteiger partial charge in [-0.1, -0.05) is 17.7 Å². The number of aromatic nitrogens is 2. The third kappa shape index (κ3) is 7.36. The fraction of sp³-hybridized carbons (Fsp3) is 0.364. The van der Waals surface area contributed by atoms with E-state index in [0.29, 0.717) is 78.1 Å². The third-order valence-electron chi connectivity index (χ3n) is 8.24. The van der Waals surface area contributed by atoms with Crippen molar-refractivity contribution in [3.63, 3.8) is 0 Å². The van der Waals surface area contributed by atoms with Crippen LogP contribution in [0.25, 0.3) is 5.65 Å². The number of hydrogen-bond donors (Lipinski definition) is 2. The van der Waals surface area contributed by atoms with Crippen LogP contribution in [0.2, 0.25) is 5.02 Å². The Hall–Kier alpha value is -4.62. The number of pyridine rings is 1. The van der Waals surface area contributed by atoms with Gasteiger partial charge < -0.3 is 34.3 Å². The molecule has 0 unspecified atom stereocenters. The van der Waals surface area contributed by atoms with Gasteiger partial charge in [0.05, 0.1) is 23.6 Å². The summed E-state index contributed by atoms with van der Waals surface area (Å²) in [5.74, 6) is -0.329. The second-order valence-electron chi connectivity index (χ2n) is 11.4. The molecule has 246 valence electrons. The van der Waals surface area contributed by atoms with Gasteiger partial charge in [0.1, 0.15) is 23.5 Å². The summed E-state index contributed by atoms with van der Waals surface area (Å²) in [5.41, 5.74) is 1.09. The molecule has 0 radical (unpaired) electrons. The highest BCUT2D eigenvalue weighted by Crippen LogP contribution is 2.32. The van der Waals surface area contributed by atoms with Crippen LogP contribution in [-0.2, 0) is 4.79 Å². The fourth-order valence-corrected chi connectivity index (χ4v) is 6.72. The van der Waals surface area contributed by atoms with Gasteiger partial charge in [-0.05, 0) is 61.0 Å². The molecule has 2 aliphatic rings. The molecule has 4 bridgehead atoms. The maximum absolute atomic E-state index is 13.8. The molecule has 3 aromatic heterocycles. The van der Waals surface area contributed by atoms with Gasteiger partial charge in [0, 0.05) is 50.6 Å². The number of halogens is 1. The number of ether oxygens (including phenoxy) is 2. The van der Waals surface area contributed by atoms with E-state index in [9.17, 15) is 19.2 Å². The van der Waals surface area contributed by atoms with Crippen LogP contribution in [0.4, 0.5) is 0 Å². The molecule has 47 heavy (non-hydrogen) atoms. The number of carbonyl (C=O) groups is 4. The first-order valence-corrected chi connectivity index (χ1v) is 16.7. The highest BCUT2D eigenvalue weighted by Gasteiger charge is 2.42. The van der Waals surface area contributed by atoms with Gasteiger partial charge in [-0.3, -0.25) is 19.2 Å². The number of nitrogens with one attached hydrogen (secondary N) is 2. The van der Waals surface area contributed by atoms with Gasteiger partial charge in [-0.2, -0.15) is 0 Å². The lowest BCUT2D eigenvalue weighted by molar-refractivity contribution is -0.124. The summed E-state index contributed by atoms with van der Waals surface area (Å²) in [5, 5.41) is 8.29. The Labute approximate surface area is 280 Å². The number of nitrogens with zero attached hydrogens (tertiary/aromatic N) is 4. The molecule has 2 aliphatic heterocycles. The number of amides is 4. The molecule has 2 N–H and O–H groups in total. The van der Waals surface area contributed by atoms with E-state index >= 15 is 0 Å². The van der Waals surface area contributed by atoms with Crippen molar-refractivity contribution in [2.75, 3.05) is 39.8 Å². The summed E-state index contributed by atoms with van der Waals surface area (Å²) in [4.78, 5) is 62.1. The molecule has 1 fully saturated rings. The maximum Gasteiger partial charge on any atom is 0.274 e. The zero-order valence-electron chi connectivity index (χ0n) is 25.8. The topological polar surface area (TPSA) is 135 Å². The smallest absolute Gasteiger partial charge is 0.274 e. The van der Waals surface area contributed by atoms with Crippen LogP contribution in [0.5, 0.6) is 11.5 Å². The van der Waals surface area contributed by atoms with Gasteiger partial charge in [-0.25, -0.2) is 4.98 Å². The first kappa shape index (κ1) is 32.3. The zero-order valence-corrected chi connectivity index (χ0v) is 27.4. The van der Waals surface area contributed by atoms with Crippen molar-refractivity contribution in [1.29, 1.82) is 0 Å². The van der Waals surface area contributed by atoms with E-state index in [1.54, 1.807) is 58.1 Å². The number of imidazole rings is 1. The highest BCUT2D eigenvalue weighted by molar-refractivity contribution is 7.12. The van der Waals surface area contributed by atoms with Crippen LogP contribution in [0, 0.1) is 0 Å². The summed E-state index contributed by atoms with van der Waals surface area (Å²) < 4.78 is 13.5. The molecular weight excluding hydrogens is 644 g/mol. The molecule has 1 aromatic carbocycles. The van der Waals surface area contributed by atoms with E-state index in [1.165, 1.54) is 23.3 Å². The number of fused-ring (bicyclic) bond motifs is 5. The van der Waals surface area contributed by atoms with Gasteiger partial charge in [0.15, 0.2) is 11.5 Å². The minimum absolute atomic E-state index is 0.0569. The first-order valence-electron chi connectivity index (χ1n) is 15.5. The van der Waals surface area contributed by atoms with Crippen molar-refractivity contribution >= 4 is 52.2 Å². The Balaban J connectivity index is 1.25. The number of hydrogen-bond acceptors (Lipinski definition) is 8. The lowest BCUT2D eigenvalue weighted by Crippen LogP contribution is -2.46. The van der Waals surface area contributed by atoms with Crippen molar-refractivity contribution in [3.8, 4) is 11.5 Å². The van der Waals surface area contributed by atoms with Crippen LogP contribution in [-0.4, -0.2) is 94.8 Å². The Morgan fingerprint density at radius 2 is 1.85 bits per heavy atom. The molecule has 0 aliphatic carbocycles. The molecule has 4 aromatic rings. The van der Waals surface area contributed by atoms with E-state index < -0.39 is 18.1 Å². The quantitative estimate of drug-likeness (QED) is 0.336. The molecule has 1 saturated heterocycles. The van der Waals surface area contributed by atoms with Crippen molar-refractivity contribution in [2.24, 2.45) is 0 Å².